The summed E-state index contributed by atoms with van der Waals surface area (Å²) in [7, 11) is 1.64. The Morgan fingerprint density at radius 1 is 0.921 bits per heavy atom. The number of benzene rings is 3. The molecule has 1 aliphatic heterocycles. The Morgan fingerprint density at radius 2 is 1.66 bits per heavy atom. The van der Waals surface area contributed by atoms with Crippen LogP contribution in [0, 0.1) is 0 Å². The molecule has 1 amide bonds. The van der Waals surface area contributed by atoms with Gasteiger partial charge in [-0.2, -0.15) is 0 Å². The molecule has 0 saturated carbocycles. The molecule has 1 aromatic heterocycles. The highest BCUT2D eigenvalue weighted by molar-refractivity contribution is 6.09. The fraction of sp³-hybridized carbons (Fsp3) is 0.281. The predicted octanol–water partition coefficient (Wildman–Crippen LogP) is 6.39. The van der Waals surface area contributed by atoms with Crippen LogP contribution < -0.4 is 15.0 Å². The zero-order valence-electron chi connectivity index (χ0n) is 22.4. The molecular formula is C32H36N4O2. The molecule has 5 rings (SSSR count). The van der Waals surface area contributed by atoms with E-state index >= 15 is 0 Å². The van der Waals surface area contributed by atoms with Crippen LogP contribution in [-0.4, -0.2) is 49.1 Å². The van der Waals surface area contributed by atoms with Gasteiger partial charge in [0.1, 0.15) is 5.75 Å². The summed E-state index contributed by atoms with van der Waals surface area (Å²) in [5, 5.41) is 3.09. The molecule has 0 radical (unpaired) electrons. The number of hydrogen-bond donors (Lipinski definition) is 2. The average molecular weight is 509 g/mol. The highest BCUT2D eigenvalue weighted by Crippen LogP contribution is 2.35. The maximum atomic E-state index is 13.4. The van der Waals surface area contributed by atoms with Crippen LogP contribution in [0.3, 0.4) is 0 Å². The van der Waals surface area contributed by atoms with Crippen molar-refractivity contribution in [2.75, 3.05) is 43.5 Å². The van der Waals surface area contributed by atoms with Crippen molar-refractivity contribution in [2.24, 2.45) is 0 Å². The SMILES string of the molecule is COc1cccc(C(=O)Nc2ccc(N3CCN(Cc4ccc[nH]4)CC3)cc2)c1-c1ccc(C(C)C)cc1. The summed E-state index contributed by atoms with van der Waals surface area (Å²) < 4.78 is 5.65. The van der Waals surface area contributed by atoms with E-state index in [9.17, 15) is 4.79 Å². The van der Waals surface area contributed by atoms with Crippen LogP contribution in [0.15, 0.2) is 85.1 Å². The fourth-order valence-electron chi connectivity index (χ4n) is 5.05. The van der Waals surface area contributed by atoms with Crippen molar-refractivity contribution in [1.82, 2.24) is 9.88 Å². The average Bonchev–Trinajstić information content (AvgIpc) is 3.46. The lowest BCUT2D eigenvalue weighted by molar-refractivity contribution is 0.102. The summed E-state index contributed by atoms with van der Waals surface area (Å²) in [6.07, 6.45) is 1.98. The number of methoxy groups -OCH3 is 1. The zero-order valence-corrected chi connectivity index (χ0v) is 22.4. The number of carbonyl (C=O) groups is 1. The number of carbonyl (C=O) groups excluding carboxylic acids is 1. The monoisotopic (exact) mass is 508 g/mol. The molecule has 1 aliphatic rings. The molecule has 38 heavy (non-hydrogen) atoms. The molecule has 0 atom stereocenters. The first-order valence-electron chi connectivity index (χ1n) is 13.3. The fourth-order valence-corrected chi connectivity index (χ4v) is 5.05. The quantitative estimate of drug-likeness (QED) is 0.290. The second-order valence-electron chi connectivity index (χ2n) is 10.1. The summed E-state index contributed by atoms with van der Waals surface area (Å²) in [5.41, 5.74) is 6.81. The first-order valence-corrected chi connectivity index (χ1v) is 13.3. The van der Waals surface area contributed by atoms with Crippen LogP contribution in [0.4, 0.5) is 11.4 Å². The lowest BCUT2D eigenvalue weighted by atomic mass is 9.95. The molecule has 6 nitrogen and oxygen atoms in total. The number of anilines is 2. The summed E-state index contributed by atoms with van der Waals surface area (Å²) in [5.74, 6) is 0.971. The number of aromatic nitrogens is 1. The third kappa shape index (κ3) is 5.76. The number of H-pyrrole nitrogens is 1. The van der Waals surface area contributed by atoms with E-state index in [1.165, 1.54) is 16.9 Å². The van der Waals surface area contributed by atoms with Gasteiger partial charge in [-0.25, -0.2) is 0 Å². The van der Waals surface area contributed by atoms with Crippen LogP contribution in [0.2, 0.25) is 0 Å². The number of ether oxygens (including phenoxy) is 1. The van der Waals surface area contributed by atoms with E-state index < -0.39 is 0 Å². The lowest BCUT2D eigenvalue weighted by Gasteiger charge is -2.36. The highest BCUT2D eigenvalue weighted by Gasteiger charge is 2.20. The van der Waals surface area contributed by atoms with Crippen LogP contribution in [0.5, 0.6) is 5.75 Å². The molecule has 2 heterocycles. The molecular weight excluding hydrogens is 472 g/mol. The first-order chi connectivity index (χ1) is 18.5. The minimum atomic E-state index is -0.155. The number of hydrogen-bond acceptors (Lipinski definition) is 4. The van der Waals surface area contributed by atoms with Gasteiger partial charge in [0.2, 0.25) is 0 Å². The van der Waals surface area contributed by atoms with Crippen molar-refractivity contribution in [1.29, 1.82) is 0 Å². The molecule has 3 aromatic carbocycles. The van der Waals surface area contributed by atoms with E-state index in [0.29, 0.717) is 17.2 Å². The van der Waals surface area contributed by atoms with Gasteiger partial charge in [0.25, 0.3) is 5.91 Å². The van der Waals surface area contributed by atoms with Gasteiger partial charge in [0, 0.05) is 61.6 Å². The smallest absolute Gasteiger partial charge is 0.256 e. The predicted molar refractivity (Wildman–Crippen MR) is 155 cm³/mol. The minimum absolute atomic E-state index is 0.155. The number of amides is 1. The molecule has 0 spiro atoms. The maximum absolute atomic E-state index is 13.4. The van der Waals surface area contributed by atoms with Crippen molar-refractivity contribution in [3.8, 4) is 16.9 Å². The Labute approximate surface area is 225 Å². The third-order valence-corrected chi connectivity index (χ3v) is 7.28. The minimum Gasteiger partial charge on any atom is -0.496 e. The van der Waals surface area contributed by atoms with Crippen molar-refractivity contribution in [3.63, 3.8) is 0 Å². The Hall–Kier alpha value is -4.03. The molecule has 196 valence electrons. The van der Waals surface area contributed by atoms with E-state index in [0.717, 1.165) is 49.5 Å². The van der Waals surface area contributed by atoms with E-state index in [2.05, 4.69) is 76.4 Å². The molecule has 2 N–H and O–H groups in total. The molecule has 0 bridgehead atoms. The van der Waals surface area contributed by atoms with E-state index in [-0.39, 0.29) is 5.91 Å². The summed E-state index contributed by atoms with van der Waals surface area (Å²) in [4.78, 5) is 21.6. The normalized spacial score (nSPS) is 14.1. The van der Waals surface area contributed by atoms with Crippen LogP contribution in [0.1, 0.15) is 41.4 Å². The Kier molecular flexibility index (Phi) is 7.80. The van der Waals surface area contributed by atoms with E-state index in [1.807, 2.05) is 42.6 Å². The Bertz CT molecular complexity index is 1340. The van der Waals surface area contributed by atoms with E-state index in [1.54, 1.807) is 7.11 Å². The topological polar surface area (TPSA) is 60.6 Å². The number of rotatable bonds is 8. The summed E-state index contributed by atoms with van der Waals surface area (Å²) in [6, 6.07) is 26.3. The van der Waals surface area contributed by atoms with Gasteiger partial charge in [-0.15, -0.1) is 0 Å². The van der Waals surface area contributed by atoms with Gasteiger partial charge in [-0.1, -0.05) is 44.2 Å². The van der Waals surface area contributed by atoms with Crippen molar-refractivity contribution in [3.05, 3.63) is 102 Å². The molecule has 6 heteroatoms. The van der Waals surface area contributed by atoms with Crippen LogP contribution >= 0.6 is 0 Å². The third-order valence-electron chi connectivity index (χ3n) is 7.28. The number of nitrogens with zero attached hydrogens (tertiary/aromatic N) is 2. The van der Waals surface area contributed by atoms with Crippen molar-refractivity contribution >= 4 is 17.3 Å². The molecule has 0 unspecified atom stereocenters. The second-order valence-corrected chi connectivity index (χ2v) is 10.1. The van der Waals surface area contributed by atoms with Gasteiger partial charge >= 0.3 is 0 Å². The van der Waals surface area contributed by atoms with Gasteiger partial charge < -0.3 is 19.9 Å². The molecule has 1 fully saturated rings. The van der Waals surface area contributed by atoms with Gasteiger partial charge in [-0.05, 0) is 65.6 Å². The number of piperazine rings is 1. The maximum Gasteiger partial charge on any atom is 0.256 e. The standard InChI is InChI=1S/C32H36N4O2/c1-23(2)24-9-11-25(12-10-24)31-29(7-4-8-30(31)38-3)32(37)34-26-13-15-28(16-14-26)36-20-18-35(19-21-36)22-27-6-5-17-33-27/h4-17,23,33H,18-22H2,1-3H3,(H,34,37). The van der Waals surface area contributed by atoms with E-state index in [4.69, 9.17) is 4.74 Å². The lowest BCUT2D eigenvalue weighted by Crippen LogP contribution is -2.46. The summed E-state index contributed by atoms with van der Waals surface area (Å²) in [6.45, 7) is 9.31. The molecule has 4 aromatic rings. The zero-order chi connectivity index (χ0) is 26.5. The molecule has 1 saturated heterocycles. The Balaban J connectivity index is 1.26. The number of nitrogens with one attached hydrogen (secondary N) is 2. The Morgan fingerprint density at radius 3 is 2.29 bits per heavy atom. The number of aromatic amines is 1. The van der Waals surface area contributed by atoms with Crippen molar-refractivity contribution in [2.45, 2.75) is 26.3 Å². The highest BCUT2D eigenvalue weighted by atomic mass is 16.5. The van der Waals surface area contributed by atoms with Gasteiger partial charge in [-0.3, -0.25) is 9.69 Å². The van der Waals surface area contributed by atoms with Gasteiger partial charge in [0.05, 0.1) is 12.7 Å². The van der Waals surface area contributed by atoms with Gasteiger partial charge in [0.15, 0.2) is 0 Å². The largest absolute Gasteiger partial charge is 0.496 e. The summed E-state index contributed by atoms with van der Waals surface area (Å²) >= 11 is 0. The van der Waals surface area contributed by atoms with Crippen molar-refractivity contribution < 1.29 is 9.53 Å². The molecule has 0 aliphatic carbocycles. The second kappa shape index (κ2) is 11.6. The van der Waals surface area contributed by atoms with Crippen LogP contribution in [0.25, 0.3) is 11.1 Å². The first kappa shape index (κ1) is 25.6. The van der Waals surface area contributed by atoms with Crippen LogP contribution in [-0.2, 0) is 6.54 Å².